The molecular weight excluding hydrogens is 358 g/mol. The molecule has 0 spiro atoms. The van der Waals surface area contributed by atoms with E-state index < -0.39 is 23.6 Å². The van der Waals surface area contributed by atoms with Crippen LogP contribution in [-0.4, -0.2) is 41.0 Å². The molecule has 3 amide bonds. The van der Waals surface area contributed by atoms with E-state index in [1.165, 1.54) is 24.2 Å². The fraction of sp³-hybridized carbons (Fsp3) is 0.524. The summed E-state index contributed by atoms with van der Waals surface area (Å²) in [6, 6.07) is 5.86. The molecule has 2 fully saturated rings. The fourth-order valence-corrected chi connectivity index (χ4v) is 4.04. The number of nitrogens with two attached hydrogens (primary N) is 1. The smallest absolute Gasteiger partial charge is 0.289 e. The van der Waals surface area contributed by atoms with Crippen LogP contribution in [0.25, 0.3) is 0 Å². The van der Waals surface area contributed by atoms with Crippen LogP contribution in [0.2, 0.25) is 0 Å². The molecule has 3 rings (SSSR count). The number of primary amides is 1. The first kappa shape index (κ1) is 20.0. The van der Waals surface area contributed by atoms with Crippen molar-refractivity contribution >= 4 is 23.5 Å². The maximum atomic E-state index is 12.6. The van der Waals surface area contributed by atoms with E-state index in [1.54, 1.807) is 24.3 Å². The molecule has 1 aliphatic heterocycles. The third-order valence-electron chi connectivity index (χ3n) is 5.72. The Kier molecular flexibility index (Phi) is 6.44. The Morgan fingerprint density at radius 2 is 1.71 bits per heavy atom. The molecule has 150 valence electrons. The van der Waals surface area contributed by atoms with E-state index in [0.717, 1.165) is 18.4 Å². The van der Waals surface area contributed by atoms with Crippen LogP contribution in [0.5, 0.6) is 0 Å². The summed E-state index contributed by atoms with van der Waals surface area (Å²) in [6.45, 7) is 0.754. The third kappa shape index (κ3) is 4.77. The normalized spacial score (nSPS) is 20.2. The first-order valence-corrected chi connectivity index (χ1v) is 9.96. The van der Waals surface area contributed by atoms with E-state index in [0.29, 0.717) is 24.4 Å². The molecule has 7 nitrogen and oxygen atoms in total. The van der Waals surface area contributed by atoms with E-state index in [9.17, 15) is 19.2 Å². The Morgan fingerprint density at radius 3 is 2.36 bits per heavy atom. The molecule has 2 aliphatic rings. The zero-order valence-corrected chi connectivity index (χ0v) is 16.0. The largest absolute Gasteiger partial charge is 0.366 e. The fourth-order valence-electron chi connectivity index (χ4n) is 4.04. The van der Waals surface area contributed by atoms with Crippen molar-refractivity contribution in [2.45, 2.75) is 57.5 Å². The first-order valence-electron chi connectivity index (χ1n) is 9.96. The Morgan fingerprint density at radius 1 is 1.04 bits per heavy atom. The number of amides is 3. The minimum absolute atomic E-state index is 0.141. The van der Waals surface area contributed by atoms with Crippen LogP contribution in [0.15, 0.2) is 24.3 Å². The van der Waals surface area contributed by atoms with Gasteiger partial charge in [-0.05, 0) is 42.9 Å². The van der Waals surface area contributed by atoms with Gasteiger partial charge >= 0.3 is 0 Å². The van der Waals surface area contributed by atoms with Gasteiger partial charge in [-0.1, -0.05) is 31.4 Å². The number of benzene rings is 1. The predicted molar refractivity (Wildman–Crippen MR) is 103 cm³/mol. The highest BCUT2D eigenvalue weighted by atomic mass is 16.2. The van der Waals surface area contributed by atoms with E-state index in [1.807, 2.05) is 0 Å². The van der Waals surface area contributed by atoms with Gasteiger partial charge in [0.25, 0.3) is 5.91 Å². The van der Waals surface area contributed by atoms with Crippen molar-refractivity contribution in [3.05, 3.63) is 35.4 Å². The second kappa shape index (κ2) is 8.99. The molecule has 3 N–H and O–H groups in total. The van der Waals surface area contributed by atoms with E-state index in [2.05, 4.69) is 5.32 Å². The Hall–Kier alpha value is -2.70. The molecule has 1 atom stereocenters. The van der Waals surface area contributed by atoms with Crippen molar-refractivity contribution in [2.24, 2.45) is 11.7 Å². The quantitative estimate of drug-likeness (QED) is 0.694. The average Bonchev–Trinajstić information content (AvgIpc) is 3.07. The Bertz CT molecular complexity index is 753. The number of Topliss-reactive ketones (excluding diaryl/α,β-unsaturated/α-hetero) is 1. The van der Waals surface area contributed by atoms with Crippen molar-refractivity contribution in [2.75, 3.05) is 6.54 Å². The molecule has 0 radical (unpaired) electrons. The van der Waals surface area contributed by atoms with Crippen LogP contribution < -0.4 is 11.1 Å². The van der Waals surface area contributed by atoms with Crippen molar-refractivity contribution in [3.63, 3.8) is 0 Å². The van der Waals surface area contributed by atoms with E-state index in [4.69, 9.17) is 5.73 Å². The van der Waals surface area contributed by atoms with Crippen LogP contribution in [0.1, 0.15) is 60.9 Å². The highest BCUT2D eigenvalue weighted by molar-refractivity contribution is 6.38. The summed E-state index contributed by atoms with van der Waals surface area (Å²) in [4.78, 5) is 49.9. The number of nitrogens with one attached hydrogen (secondary N) is 1. The number of rotatable bonds is 7. The molecule has 1 aromatic rings. The van der Waals surface area contributed by atoms with Gasteiger partial charge in [0.1, 0.15) is 6.04 Å². The van der Waals surface area contributed by atoms with Gasteiger partial charge in [-0.2, -0.15) is 0 Å². The summed E-state index contributed by atoms with van der Waals surface area (Å²) in [5.41, 5.74) is 6.39. The van der Waals surface area contributed by atoms with Gasteiger partial charge in [-0.15, -0.1) is 0 Å². The number of carbonyl (C=O) groups excluding carboxylic acids is 4. The molecule has 0 bridgehead atoms. The minimum atomic E-state index is -0.727. The first-order chi connectivity index (χ1) is 13.5. The maximum Gasteiger partial charge on any atom is 0.289 e. The van der Waals surface area contributed by atoms with Gasteiger partial charge in [-0.25, -0.2) is 0 Å². The molecule has 1 aliphatic carbocycles. The molecule has 1 unspecified atom stereocenters. The number of nitrogens with zero attached hydrogens (tertiary/aromatic N) is 1. The second-order valence-electron chi connectivity index (χ2n) is 7.72. The van der Waals surface area contributed by atoms with Crippen LogP contribution in [0, 0.1) is 5.92 Å². The van der Waals surface area contributed by atoms with Gasteiger partial charge < -0.3 is 16.0 Å². The summed E-state index contributed by atoms with van der Waals surface area (Å²) in [6.07, 6.45) is 6.37. The number of ketones is 1. The Balaban J connectivity index is 1.59. The summed E-state index contributed by atoms with van der Waals surface area (Å²) in [7, 11) is 0. The van der Waals surface area contributed by atoms with Gasteiger partial charge in [-0.3, -0.25) is 19.2 Å². The molecule has 1 saturated carbocycles. The van der Waals surface area contributed by atoms with Crippen LogP contribution >= 0.6 is 0 Å². The number of carbonyl (C=O) groups is 4. The van der Waals surface area contributed by atoms with Crippen molar-refractivity contribution in [1.82, 2.24) is 10.2 Å². The lowest BCUT2D eigenvalue weighted by Crippen LogP contribution is -2.46. The van der Waals surface area contributed by atoms with Gasteiger partial charge in [0.15, 0.2) is 0 Å². The lowest BCUT2D eigenvalue weighted by Gasteiger charge is -2.25. The van der Waals surface area contributed by atoms with E-state index >= 15 is 0 Å². The average molecular weight is 385 g/mol. The molecule has 0 aromatic heterocycles. The van der Waals surface area contributed by atoms with Gasteiger partial charge in [0.2, 0.25) is 17.6 Å². The number of likely N-dealkylation sites (tertiary alicyclic amines) is 1. The number of hydrogen-bond acceptors (Lipinski definition) is 4. The Labute approximate surface area is 164 Å². The lowest BCUT2D eigenvalue weighted by molar-refractivity contribution is -0.143. The summed E-state index contributed by atoms with van der Waals surface area (Å²) in [5.74, 6) is -1.37. The molecule has 1 saturated heterocycles. The monoisotopic (exact) mass is 385 g/mol. The summed E-state index contributed by atoms with van der Waals surface area (Å²) in [5, 5.41) is 2.77. The predicted octanol–water partition coefficient (Wildman–Crippen LogP) is 1.54. The van der Waals surface area contributed by atoms with Crippen LogP contribution in [0.4, 0.5) is 0 Å². The highest BCUT2D eigenvalue weighted by Crippen LogP contribution is 2.24. The topological polar surface area (TPSA) is 110 Å². The minimum Gasteiger partial charge on any atom is -0.366 e. The van der Waals surface area contributed by atoms with Crippen LogP contribution in [0.3, 0.4) is 0 Å². The summed E-state index contributed by atoms with van der Waals surface area (Å²) >= 11 is 0. The highest BCUT2D eigenvalue weighted by Gasteiger charge is 2.38. The maximum absolute atomic E-state index is 12.6. The SMILES string of the molecule is NC(=O)c1ccc(CN2C(=O)CCC2C(=O)C(=O)NCC2CCCCC2)cc1. The summed E-state index contributed by atoms with van der Waals surface area (Å²) < 4.78 is 0. The molecule has 1 aromatic carbocycles. The zero-order chi connectivity index (χ0) is 20.1. The van der Waals surface area contributed by atoms with E-state index in [-0.39, 0.29) is 18.9 Å². The molecule has 1 heterocycles. The zero-order valence-electron chi connectivity index (χ0n) is 16.0. The van der Waals surface area contributed by atoms with Gasteiger partial charge in [0, 0.05) is 25.1 Å². The lowest BCUT2D eigenvalue weighted by atomic mass is 9.89. The van der Waals surface area contributed by atoms with Gasteiger partial charge in [0.05, 0.1) is 0 Å². The standard InChI is InChI=1S/C21H27N3O4/c22-20(27)16-8-6-15(7-9-16)13-24-17(10-11-18(24)25)19(26)21(28)23-12-14-4-2-1-3-5-14/h6-9,14,17H,1-5,10-13H2,(H2,22,27)(H,23,28). The van der Waals surface area contributed by atoms with Crippen LogP contribution in [-0.2, 0) is 20.9 Å². The molecule has 7 heteroatoms. The second-order valence-corrected chi connectivity index (χ2v) is 7.72. The third-order valence-corrected chi connectivity index (χ3v) is 5.72. The van der Waals surface area contributed by atoms with Crippen molar-refractivity contribution in [3.8, 4) is 0 Å². The molecule has 28 heavy (non-hydrogen) atoms. The van der Waals surface area contributed by atoms with Crippen molar-refractivity contribution in [1.29, 1.82) is 0 Å². The van der Waals surface area contributed by atoms with Crippen molar-refractivity contribution < 1.29 is 19.2 Å². The molecular formula is C21H27N3O4. The number of hydrogen-bond donors (Lipinski definition) is 2.